The number of non-ortho nitro benzene ring substituents is 1. The molecule has 2 aromatic rings. The van der Waals surface area contributed by atoms with Crippen LogP contribution in [-0.2, 0) is 11.4 Å². The Morgan fingerprint density at radius 1 is 1.29 bits per heavy atom. The summed E-state index contributed by atoms with van der Waals surface area (Å²) in [5, 5.41) is 21.0. The van der Waals surface area contributed by atoms with Gasteiger partial charge in [0, 0.05) is 36.9 Å². The van der Waals surface area contributed by atoms with Crippen LogP contribution >= 0.6 is 11.6 Å². The van der Waals surface area contributed by atoms with Crippen molar-refractivity contribution < 1.29 is 19.2 Å². The first-order valence-corrected chi connectivity index (χ1v) is 11.3. The quantitative estimate of drug-likeness (QED) is 0.456. The Morgan fingerprint density at radius 3 is 2.63 bits per heavy atom. The Bertz CT molecular complexity index is 1310. The molecule has 0 aromatic heterocycles. The molecule has 4 rings (SSSR count). The molecule has 0 saturated carbocycles. The molecule has 180 valence electrons. The Kier molecular flexibility index (Phi) is 6.67. The van der Waals surface area contributed by atoms with Crippen LogP contribution in [0, 0.1) is 21.4 Å². The minimum Gasteiger partial charge on any atom is -0.493 e. The molecule has 2 aliphatic rings. The summed E-state index contributed by atoms with van der Waals surface area (Å²) >= 11 is 6.60. The lowest BCUT2D eigenvalue weighted by atomic mass is 9.76. The summed E-state index contributed by atoms with van der Waals surface area (Å²) in [6.07, 6.45) is 1.82. The zero-order chi connectivity index (χ0) is 25.3. The van der Waals surface area contributed by atoms with Gasteiger partial charge in [-0.25, -0.2) is 0 Å². The van der Waals surface area contributed by atoms with E-state index in [0.29, 0.717) is 41.1 Å². The van der Waals surface area contributed by atoms with Crippen LogP contribution in [-0.4, -0.2) is 29.8 Å². The van der Waals surface area contributed by atoms with Gasteiger partial charge in [-0.2, -0.15) is 5.26 Å². The predicted octanol–water partition coefficient (Wildman–Crippen LogP) is 4.57. The van der Waals surface area contributed by atoms with Gasteiger partial charge in [-0.05, 0) is 48.2 Å². The van der Waals surface area contributed by atoms with Gasteiger partial charge >= 0.3 is 0 Å². The first kappa shape index (κ1) is 24.1. The zero-order valence-corrected chi connectivity index (χ0v) is 20.0. The number of nitro benzene ring substituents is 1. The van der Waals surface area contributed by atoms with E-state index in [0.717, 1.165) is 12.1 Å². The summed E-state index contributed by atoms with van der Waals surface area (Å²) in [6.45, 7) is 0.103. The Labute approximate surface area is 207 Å². The van der Waals surface area contributed by atoms with Gasteiger partial charge in [-0.15, -0.1) is 0 Å². The Hall–Kier alpha value is -4.03. The molecule has 0 unspecified atom stereocenters. The lowest BCUT2D eigenvalue weighted by molar-refractivity contribution is -0.384. The number of halogens is 1. The van der Waals surface area contributed by atoms with E-state index in [9.17, 15) is 20.2 Å². The summed E-state index contributed by atoms with van der Waals surface area (Å²) in [7, 11) is 3.23. The number of nitrogens with zero attached hydrogens (tertiary/aromatic N) is 3. The van der Waals surface area contributed by atoms with Crippen LogP contribution in [0.2, 0.25) is 5.02 Å². The highest BCUT2D eigenvalue weighted by molar-refractivity contribution is 6.32. The number of carbonyl (C=O) groups excluding carboxylic acids is 1. The van der Waals surface area contributed by atoms with Crippen molar-refractivity contribution in [2.75, 3.05) is 14.2 Å². The van der Waals surface area contributed by atoms with Gasteiger partial charge < -0.3 is 20.1 Å². The van der Waals surface area contributed by atoms with E-state index in [-0.39, 0.29) is 34.4 Å². The van der Waals surface area contributed by atoms with Gasteiger partial charge in [0.1, 0.15) is 12.4 Å². The number of hydrogen-bond acceptors (Lipinski definition) is 8. The average Bonchev–Trinajstić information content (AvgIpc) is 2.85. The van der Waals surface area contributed by atoms with Gasteiger partial charge in [-0.1, -0.05) is 11.6 Å². The fraction of sp³-hybridized carbons (Fsp3) is 0.280. The van der Waals surface area contributed by atoms with Crippen molar-refractivity contribution >= 4 is 23.1 Å². The molecule has 2 N–H and O–H groups in total. The van der Waals surface area contributed by atoms with Gasteiger partial charge in [0.2, 0.25) is 0 Å². The molecule has 0 amide bonds. The van der Waals surface area contributed by atoms with Crippen LogP contribution in [0.1, 0.15) is 36.3 Å². The first-order chi connectivity index (χ1) is 16.8. The molecule has 35 heavy (non-hydrogen) atoms. The van der Waals surface area contributed by atoms with Gasteiger partial charge in [0.05, 0.1) is 34.6 Å². The average molecular weight is 495 g/mol. The third-order valence-electron chi connectivity index (χ3n) is 6.28. The van der Waals surface area contributed by atoms with Crippen molar-refractivity contribution in [3.8, 4) is 17.6 Å². The summed E-state index contributed by atoms with van der Waals surface area (Å²) in [4.78, 5) is 25.1. The van der Waals surface area contributed by atoms with E-state index in [2.05, 4.69) is 6.07 Å². The van der Waals surface area contributed by atoms with Gasteiger partial charge in [0.15, 0.2) is 17.3 Å². The van der Waals surface area contributed by atoms with E-state index < -0.39 is 10.8 Å². The second-order valence-electron chi connectivity index (χ2n) is 8.29. The highest BCUT2D eigenvalue weighted by atomic mass is 35.5. The fourth-order valence-electron chi connectivity index (χ4n) is 4.51. The van der Waals surface area contributed by atoms with Crippen molar-refractivity contribution in [1.82, 2.24) is 4.90 Å². The number of hydrogen-bond donors (Lipinski definition) is 1. The van der Waals surface area contributed by atoms with Crippen LogP contribution < -0.4 is 15.2 Å². The van der Waals surface area contributed by atoms with Gasteiger partial charge in [-0.3, -0.25) is 14.9 Å². The molecule has 1 aliphatic carbocycles. The molecule has 0 fully saturated rings. The monoisotopic (exact) mass is 494 g/mol. The predicted molar refractivity (Wildman–Crippen MR) is 129 cm³/mol. The van der Waals surface area contributed by atoms with E-state index in [1.165, 1.54) is 19.2 Å². The summed E-state index contributed by atoms with van der Waals surface area (Å²) in [6, 6.07) is 11.5. The molecule has 0 spiro atoms. The minimum atomic E-state index is -0.658. The summed E-state index contributed by atoms with van der Waals surface area (Å²) < 4.78 is 11.4. The number of nitro groups is 1. The maximum absolute atomic E-state index is 13.0. The molecule has 0 radical (unpaired) electrons. The summed E-state index contributed by atoms with van der Waals surface area (Å²) in [5.74, 6) is 0.240. The standard InChI is InChI=1S/C25H23ClN4O5/c1-29-19-4-3-5-20(31)23(19)22(17(12-27)25(29)28)15-10-18(26)24(21(11-15)34-2)35-13-14-6-8-16(9-7-14)30(32)33/h6-11,22H,3-5,13,28H2,1-2H3/t22-/m1/s1. The molecule has 2 aromatic carbocycles. The van der Waals surface area contributed by atoms with E-state index in [1.807, 2.05) is 0 Å². The second kappa shape index (κ2) is 9.68. The highest BCUT2D eigenvalue weighted by Crippen LogP contribution is 2.47. The maximum Gasteiger partial charge on any atom is 0.269 e. The Morgan fingerprint density at radius 2 is 2.00 bits per heavy atom. The zero-order valence-electron chi connectivity index (χ0n) is 19.2. The van der Waals surface area contributed by atoms with E-state index in [1.54, 1.807) is 36.2 Å². The smallest absolute Gasteiger partial charge is 0.269 e. The third kappa shape index (κ3) is 4.40. The SMILES string of the molecule is COc1cc([C@@H]2C(C#N)=C(N)N(C)C3=C2C(=O)CCC3)cc(Cl)c1OCc1ccc([N+](=O)[O-])cc1. The molecule has 1 aliphatic heterocycles. The molecular formula is C25H23ClN4O5. The molecular weight excluding hydrogens is 472 g/mol. The number of methoxy groups -OCH3 is 1. The van der Waals surface area contributed by atoms with Crippen molar-refractivity contribution in [1.29, 1.82) is 5.26 Å². The summed E-state index contributed by atoms with van der Waals surface area (Å²) in [5.41, 5.74) is 9.24. The van der Waals surface area contributed by atoms with Gasteiger partial charge in [0.25, 0.3) is 5.69 Å². The van der Waals surface area contributed by atoms with Crippen LogP contribution in [0.15, 0.2) is 59.1 Å². The number of ketones is 1. The molecule has 9 nitrogen and oxygen atoms in total. The van der Waals surface area contributed by atoms with E-state index in [4.69, 9.17) is 26.8 Å². The van der Waals surface area contributed by atoms with E-state index >= 15 is 0 Å². The normalized spacial score (nSPS) is 17.7. The van der Waals surface area contributed by atoms with Crippen molar-refractivity contribution in [2.24, 2.45) is 5.73 Å². The lowest BCUT2D eigenvalue weighted by Crippen LogP contribution is -2.36. The fourth-order valence-corrected chi connectivity index (χ4v) is 4.79. The lowest BCUT2D eigenvalue weighted by Gasteiger charge is -2.37. The maximum atomic E-state index is 13.0. The second-order valence-corrected chi connectivity index (χ2v) is 8.69. The molecule has 0 saturated heterocycles. The minimum absolute atomic E-state index is 0.0154. The van der Waals surface area contributed by atoms with Crippen LogP contribution in [0.25, 0.3) is 0 Å². The number of carbonyl (C=O) groups is 1. The van der Waals surface area contributed by atoms with Crippen LogP contribution in [0.5, 0.6) is 11.5 Å². The molecule has 1 atom stereocenters. The number of nitrogens with two attached hydrogens (primary N) is 1. The molecule has 10 heteroatoms. The van der Waals surface area contributed by atoms with Crippen molar-refractivity contribution in [2.45, 2.75) is 31.8 Å². The largest absolute Gasteiger partial charge is 0.493 e. The number of nitriles is 1. The first-order valence-electron chi connectivity index (χ1n) is 10.9. The highest BCUT2D eigenvalue weighted by Gasteiger charge is 2.39. The van der Waals surface area contributed by atoms with Crippen LogP contribution in [0.3, 0.4) is 0 Å². The number of ether oxygens (including phenoxy) is 2. The molecule has 1 heterocycles. The number of Topliss-reactive ketones (excluding diaryl/α,β-unsaturated/α-hetero) is 1. The van der Waals surface area contributed by atoms with Crippen LogP contribution in [0.4, 0.5) is 5.69 Å². The topological polar surface area (TPSA) is 132 Å². The molecule has 0 bridgehead atoms. The Balaban J connectivity index is 1.71. The number of benzene rings is 2. The number of allylic oxidation sites excluding steroid dienone is 3. The van der Waals surface area contributed by atoms with Crippen molar-refractivity contribution in [3.63, 3.8) is 0 Å². The van der Waals surface area contributed by atoms with Crippen molar-refractivity contribution in [3.05, 3.63) is 85.3 Å². The third-order valence-corrected chi connectivity index (χ3v) is 6.56. The number of rotatable bonds is 6.